The summed E-state index contributed by atoms with van der Waals surface area (Å²) in [6.45, 7) is 7.84. The van der Waals surface area contributed by atoms with Crippen molar-refractivity contribution in [3.63, 3.8) is 0 Å². The van der Waals surface area contributed by atoms with Gasteiger partial charge in [-0.3, -0.25) is 4.72 Å². The van der Waals surface area contributed by atoms with E-state index in [1.54, 1.807) is 0 Å². The second-order valence-electron chi connectivity index (χ2n) is 8.06. The molecule has 3 rings (SSSR count). The van der Waals surface area contributed by atoms with E-state index in [1.807, 2.05) is 18.2 Å². The Kier molecular flexibility index (Phi) is 5.92. The van der Waals surface area contributed by atoms with Gasteiger partial charge < -0.3 is 4.90 Å². The highest BCUT2D eigenvalue weighted by atomic mass is 32.2. The normalized spacial score (nSPS) is 23.9. The van der Waals surface area contributed by atoms with E-state index in [0.717, 1.165) is 32.5 Å². The monoisotopic (exact) mass is 386 g/mol. The lowest BCUT2D eigenvalue weighted by Gasteiger charge is -2.45. The number of benzene rings is 2. The molecular weight excluding hydrogens is 356 g/mol. The second kappa shape index (κ2) is 8.03. The van der Waals surface area contributed by atoms with Crippen LogP contribution in [-0.2, 0) is 21.9 Å². The first-order valence-corrected chi connectivity index (χ1v) is 11.5. The Balaban J connectivity index is 1.66. The molecule has 0 aliphatic carbocycles. The van der Waals surface area contributed by atoms with Gasteiger partial charge in [-0.15, -0.1) is 0 Å². The first-order chi connectivity index (χ1) is 12.8. The SMILES string of the molecule is C[C@H]1CN(CCc2ccccc2)CC[C@]1(C)c1cccc(NS(C)(=O)=O)c1. The Labute approximate surface area is 163 Å². The predicted octanol–water partition coefficient (Wildman–Crippen LogP) is 3.90. The van der Waals surface area contributed by atoms with Crippen molar-refractivity contribution < 1.29 is 8.42 Å². The third-order valence-electron chi connectivity index (χ3n) is 5.95. The molecule has 2 atom stereocenters. The number of piperidine rings is 1. The molecule has 0 unspecified atom stereocenters. The molecule has 0 bridgehead atoms. The summed E-state index contributed by atoms with van der Waals surface area (Å²) in [7, 11) is -3.26. The lowest BCUT2D eigenvalue weighted by molar-refractivity contribution is 0.112. The summed E-state index contributed by atoms with van der Waals surface area (Å²) in [5.41, 5.74) is 3.30. The largest absolute Gasteiger partial charge is 0.303 e. The molecule has 1 aliphatic rings. The van der Waals surface area contributed by atoms with Crippen LogP contribution in [0.15, 0.2) is 54.6 Å². The van der Waals surface area contributed by atoms with Crippen LogP contribution in [0.5, 0.6) is 0 Å². The van der Waals surface area contributed by atoms with E-state index in [0.29, 0.717) is 11.6 Å². The first kappa shape index (κ1) is 19.9. The van der Waals surface area contributed by atoms with Gasteiger partial charge in [0, 0.05) is 18.8 Å². The minimum atomic E-state index is -3.26. The van der Waals surface area contributed by atoms with Crippen LogP contribution in [0, 0.1) is 5.92 Å². The number of rotatable bonds is 6. The van der Waals surface area contributed by atoms with E-state index in [9.17, 15) is 8.42 Å². The maximum absolute atomic E-state index is 11.5. The van der Waals surface area contributed by atoms with Gasteiger partial charge in [-0.1, -0.05) is 56.3 Å². The van der Waals surface area contributed by atoms with Crippen LogP contribution in [0.2, 0.25) is 0 Å². The molecule has 0 radical (unpaired) electrons. The summed E-state index contributed by atoms with van der Waals surface area (Å²) >= 11 is 0. The Morgan fingerprint density at radius 3 is 2.56 bits per heavy atom. The lowest BCUT2D eigenvalue weighted by Crippen LogP contribution is -2.47. The highest BCUT2D eigenvalue weighted by molar-refractivity contribution is 7.92. The number of hydrogen-bond donors (Lipinski definition) is 1. The zero-order valence-corrected chi connectivity index (χ0v) is 17.3. The Hall–Kier alpha value is -1.85. The van der Waals surface area contributed by atoms with Crippen molar-refractivity contribution in [3.05, 3.63) is 65.7 Å². The summed E-state index contributed by atoms with van der Waals surface area (Å²) in [6.07, 6.45) is 3.35. The molecule has 146 valence electrons. The van der Waals surface area contributed by atoms with Gasteiger partial charge >= 0.3 is 0 Å². The molecule has 0 spiro atoms. The highest BCUT2D eigenvalue weighted by Gasteiger charge is 2.37. The first-order valence-electron chi connectivity index (χ1n) is 9.61. The lowest BCUT2D eigenvalue weighted by atomic mass is 9.68. The van der Waals surface area contributed by atoms with E-state index < -0.39 is 10.0 Å². The minimum absolute atomic E-state index is 0.0540. The van der Waals surface area contributed by atoms with E-state index in [4.69, 9.17) is 0 Å². The smallest absolute Gasteiger partial charge is 0.229 e. The van der Waals surface area contributed by atoms with E-state index >= 15 is 0 Å². The molecule has 2 aromatic carbocycles. The van der Waals surface area contributed by atoms with Crippen molar-refractivity contribution in [2.75, 3.05) is 30.6 Å². The molecule has 0 saturated carbocycles. The topological polar surface area (TPSA) is 49.4 Å². The van der Waals surface area contributed by atoms with E-state index in [1.165, 1.54) is 17.4 Å². The maximum Gasteiger partial charge on any atom is 0.229 e. The fourth-order valence-electron chi connectivity index (χ4n) is 4.03. The Morgan fingerprint density at radius 2 is 1.89 bits per heavy atom. The van der Waals surface area contributed by atoms with Gasteiger partial charge in [0.15, 0.2) is 0 Å². The average Bonchev–Trinajstić information content (AvgIpc) is 2.62. The van der Waals surface area contributed by atoms with Gasteiger partial charge in [0.25, 0.3) is 0 Å². The van der Waals surface area contributed by atoms with Crippen LogP contribution in [0.25, 0.3) is 0 Å². The third kappa shape index (κ3) is 5.11. The quantitative estimate of drug-likeness (QED) is 0.819. The van der Waals surface area contributed by atoms with Gasteiger partial charge in [-0.25, -0.2) is 8.42 Å². The van der Waals surface area contributed by atoms with Gasteiger partial charge in [0.05, 0.1) is 6.26 Å². The number of nitrogens with one attached hydrogen (secondary N) is 1. The summed E-state index contributed by atoms with van der Waals surface area (Å²) in [4.78, 5) is 2.55. The van der Waals surface area contributed by atoms with Crippen molar-refractivity contribution in [2.24, 2.45) is 5.92 Å². The molecule has 0 amide bonds. The predicted molar refractivity (Wildman–Crippen MR) is 113 cm³/mol. The molecule has 27 heavy (non-hydrogen) atoms. The van der Waals surface area contributed by atoms with Crippen LogP contribution in [0.1, 0.15) is 31.4 Å². The standard InChI is InChI=1S/C22H30N2O2S/c1-18-17-24(14-12-19-8-5-4-6-9-19)15-13-22(18,2)20-10-7-11-21(16-20)23-27(3,25)26/h4-11,16,18,23H,12-15,17H2,1-3H3/t18-,22-/m0/s1. The molecule has 1 aliphatic heterocycles. The van der Waals surface area contributed by atoms with Crippen molar-refractivity contribution >= 4 is 15.7 Å². The fourth-order valence-corrected chi connectivity index (χ4v) is 4.59. The van der Waals surface area contributed by atoms with Crippen molar-refractivity contribution in [3.8, 4) is 0 Å². The Morgan fingerprint density at radius 1 is 1.15 bits per heavy atom. The molecule has 2 aromatic rings. The van der Waals surface area contributed by atoms with Crippen molar-refractivity contribution in [2.45, 2.75) is 32.1 Å². The summed E-state index contributed by atoms with van der Waals surface area (Å²) in [5, 5.41) is 0. The van der Waals surface area contributed by atoms with Crippen LogP contribution < -0.4 is 4.72 Å². The molecule has 1 N–H and O–H groups in total. The van der Waals surface area contributed by atoms with E-state index in [-0.39, 0.29) is 5.41 Å². The summed E-state index contributed by atoms with van der Waals surface area (Å²) in [5.74, 6) is 0.496. The van der Waals surface area contributed by atoms with E-state index in [2.05, 4.69) is 59.9 Å². The van der Waals surface area contributed by atoms with Gasteiger partial charge in [0.1, 0.15) is 0 Å². The van der Waals surface area contributed by atoms with Crippen LogP contribution in [-0.4, -0.2) is 39.2 Å². The summed E-state index contributed by atoms with van der Waals surface area (Å²) < 4.78 is 25.7. The summed E-state index contributed by atoms with van der Waals surface area (Å²) in [6, 6.07) is 18.5. The van der Waals surface area contributed by atoms with Gasteiger partial charge in [-0.05, 0) is 54.0 Å². The highest BCUT2D eigenvalue weighted by Crippen LogP contribution is 2.40. The molecule has 0 aromatic heterocycles. The molecule has 1 saturated heterocycles. The number of anilines is 1. The number of nitrogens with zero attached hydrogens (tertiary/aromatic N) is 1. The second-order valence-corrected chi connectivity index (χ2v) is 9.81. The molecule has 4 nitrogen and oxygen atoms in total. The number of likely N-dealkylation sites (tertiary alicyclic amines) is 1. The number of hydrogen-bond acceptors (Lipinski definition) is 3. The number of sulfonamides is 1. The van der Waals surface area contributed by atoms with Crippen molar-refractivity contribution in [1.29, 1.82) is 0 Å². The van der Waals surface area contributed by atoms with Crippen LogP contribution in [0.4, 0.5) is 5.69 Å². The van der Waals surface area contributed by atoms with Crippen molar-refractivity contribution in [1.82, 2.24) is 4.90 Å². The molecule has 1 fully saturated rings. The third-order valence-corrected chi connectivity index (χ3v) is 6.56. The maximum atomic E-state index is 11.5. The zero-order chi connectivity index (χ0) is 19.5. The minimum Gasteiger partial charge on any atom is -0.303 e. The fraction of sp³-hybridized carbons (Fsp3) is 0.455. The van der Waals surface area contributed by atoms with Crippen LogP contribution >= 0.6 is 0 Å². The van der Waals surface area contributed by atoms with Gasteiger partial charge in [-0.2, -0.15) is 0 Å². The Bertz CT molecular complexity index is 867. The average molecular weight is 387 g/mol. The molecular formula is C22H30N2O2S. The molecule has 1 heterocycles. The van der Waals surface area contributed by atoms with Crippen LogP contribution in [0.3, 0.4) is 0 Å². The zero-order valence-electron chi connectivity index (χ0n) is 16.5. The van der Waals surface area contributed by atoms with Gasteiger partial charge in [0.2, 0.25) is 10.0 Å². The molecule has 5 heteroatoms.